The molecule has 0 spiro atoms. The van der Waals surface area contributed by atoms with Crippen LogP contribution in [0.15, 0.2) is 36.5 Å². The first kappa shape index (κ1) is 10.9. The van der Waals surface area contributed by atoms with Crippen LogP contribution in [0.5, 0.6) is 5.75 Å². The number of carbonyl (C=O) groups is 1. The van der Waals surface area contributed by atoms with Crippen molar-refractivity contribution in [3.63, 3.8) is 0 Å². The minimum absolute atomic E-state index is 0.00146. The number of nitrogen functional groups attached to an aromatic ring is 1. The summed E-state index contributed by atoms with van der Waals surface area (Å²) in [5, 5.41) is 18.8. The fraction of sp³-hybridized carbons (Fsp3) is 0. The van der Waals surface area contributed by atoms with Crippen LogP contribution in [0.1, 0.15) is 10.4 Å². The van der Waals surface area contributed by atoms with Gasteiger partial charge in [-0.3, -0.25) is 0 Å². The van der Waals surface area contributed by atoms with E-state index in [0.717, 1.165) is 0 Å². The van der Waals surface area contributed by atoms with Gasteiger partial charge >= 0.3 is 5.97 Å². The molecule has 0 aliphatic rings. The van der Waals surface area contributed by atoms with Crippen LogP contribution in [0.25, 0.3) is 11.1 Å². The highest BCUT2D eigenvalue weighted by Crippen LogP contribution is 2.31. The van der Waals surface area contributed by atoms with Gasteiger partial charge in [-0.25, -0.2) is 9.78 Å². The van der Waals surface area contributed by atoms with Crippen molar-refractivity contribution in [1.29, 1.82) is 0 Å². The van der Waals surface area contributed by atoms with Crippen LogP contribution in [0.2, 0.25) is 0 Å². The Morgan fingerprint density at radius 3 is 2.59 bits per heavy atom. The summed E-state index contributed by atoms with van der Waals surface area (Å²) in [7, 11) is 0. The number of nitrogens with two attached hydrogens (primary N) is 1. The number of hydrogen-bond acceptors (Lipinski definition) is 4. The highest BCUT2D eigenvalue weighted by Gasteiger charge is 2.15. The van der Waals surface area contributed by atoms with Gasteiger partial charge in [-0.2, -0.15) is 0 Å². The standard InChI is InChI=1S/C12H10N2O3/c13-11-5-8(12(16)17)9(6-14-11)7-3-1-2-4-10(7)15/h1-6,15H,(H2,13,14)(H,16,17). The maximum absolute atomic E-state index is 11.1. The molecule has 0 aliphatic heterocycles. The quantitative estimate of drug-likeness (QED) is 0.730. The minimum atomic E-state index is -1.11. The second-order valence-corrected chi connectivity index (χ2v) is 3.48. The van der Waals surface area contributed by atoms with Crippen LogP contribution in [0.3, 0.4) is 0 Å². The van der Waals surface area contributed by atoms with Gasteiger partial charge in [-0.15, -0.1) is 0 Å². The smallest absolute Gasteiger partial charge is 0.336 e. The number of aromatic nitrogens is 1. The summed E-state index contributed by atoms with van der Waals surface area (Å²) >= 11 is 0. The number of hydrogen-bond donors (Lipinski definition) is 3. The molecule has 0 amide bonds. The van der Waals surface area contributed by atoms with Crippen molar-refractivity contribution >= 4 is 11.8 Å². The van der Waals surface area contributed by atoms with Crippen molar-refractivity contribution in [3.8, 4) is 16.9 Å². The number of nitrogens with zero attached hydrogens (tertiary/aromatic N) is 1. The number of pyridine rings is 1. The summed E-state index contributed by atoms with van der Waals surface area (Å²) in [4.78, 5) is 14.9. The summed E-state index contributed by atoms with van der Waals surface area (Å²) in [6.45, 7) is 0. The zero-order valence-electron chi connectivity index (χ0n) is 8.79. The maximum Gasteiger partial charge on any atom is 0.336 e. The Kier molecular flexibility index (Phi) is 2.66. The van der Waals surface area contributed by atoms with Crippen molar-refractivity contribution in [2.45, 2.75) is 0 Å². The fourth-order valence-corrected chi connectivity index (χ4v) is 1.56. The summed E-state index contributed by atoms with van der Waals surface area (Å²) < 4.78 is 0. The number of aromatic hydroxyl groups is 1. The molecular formula is C12H10N2O3. The zero-order chi connectivity index (χ0) is 12.4. The molecule has 0 saturated heterocycles. The van der Waals surface area contributed by atoms with E-state index in [9.17, 15) is 9.90 Å². The Morgan fingerprint density at radius 1 is 1.24 bits per heavy atom. The Morgan fingerprint density at radius 2 is 1.94 bits per heavy atom. The molecule has 5 nitrogen and oxygen atoms in total. The fourth-order valence-electron chi connectivity index (χ4n) is 1.56. The Hall–Kier alpha value is -2.56. The van der Waals surface area contributed by atoms with E-state index in [4.69, 9.17) is 10.8 Å². The summed E-state index contributed by atoms with van der Waals surface area (Å²) in [5.41, 5.74) is 6.21. The molecule has 1 aromatic heterocycles. The number of carboxylic acids is 1. The molecule has 1 heterocycles. The topological polar surface area (TPSA) is 96.4 Å². The van der Waals surface area contributed by atoms with Crippen molar-refractivity contribution < 1.29 is 15.0 Å². The Bertz CT molecular complexity index is 582. The second kappa shape index (κ2) is 4.13. The molecule has 2 rings (SSSR count). The molecule has 0 fully saturated rings. The summed E-state index contributed by atoms with van der Waals surface area (Å²) in [6, 6.07) is 7.73. The van der Waals surface area contributed by atoms with Crippen molar-refractivity contribution in [3.05, 3.63) is 42.1 Å². The van der Waals surface area contributed by atoms with Gasteiger partial charge in [-0.05, 0) is 12.1 Å². The van der Waals surface area contributed by atoms with Gasteiger partial charge in [0.25, 0.3) is 0 Å². The second-order valence-electron chi connectivity index (χ2n) is 3.48. The molecule has 5 heteroatoms. The van der Waals surface area contributed by atoms with Crippen LogP contribution in [-0.2, 0) is 0 Å². The SMILES string of the molecule is Nc1cc(C(=O)O)c(-c2ccccc2O)cn1. The number of rotatable bonds is 2. The van der Waals surface area contributed by atoms with E-state index in [-0.39, 0.29) is 17.1 Å². The van der Waals surface area contributed by atoms with Crippen LogP contribution >= 0.6 is 0 Å². The van der Waals surface area contributed by atoms with Gasteiger partial charge in [0.1, 0.15) is 11.6 Å². The number of phenols is 1. The molecule has 0 unspecified atom stereocenters. The monoisotopic (exact) mass is 230 g/mol. The molecule has 17 heavy (non-hydrogen) atoms. The van der Waals surface area contributed by atoms with E-state index in [1.165, 1.54) is 18.3 Å². The maximum atomic E-state index is 11.1. The first-order valence-electron chi connectivity index (χ1n) is 4.87. The van der Waals surface area contributed by atoms with Gasteiger partial charge in [0.05, 0.1) is 5.56 Å². The average Bonchev–Trinajstić information content (AvgIpc) is 2.30. The van der Waals surface area contributed by atoms with Crippen LogP contribution < -0.4 is 5.73 Å². The van der Waals surface area contributed by atoms with E-state index in [1.54, 1.807) is 18.2 Å². The van der Waals surface area contributed by atoms with E-state index >= 15 is 0 Å². The van der Waals surface area contributed by atoms with Crippen molar-refractivity contribution in [2.24, 2.45) is 0 Å². The largest absolute Gasteiger partial charge is 0.507 e. The van der Waals surface area contributed by atoms with Gasteiger partial charge < -0.3 is 15.9 Å². The zero-order valence-corrected chi connectivity index (χ0v) is 8.79. The third kappa shape index (κ3) is 2.03. The molecular weight excluding hydrogens is 220 g/mol. The van der Waals surface area contributed by atoms with Crippen molar-refractivity contribution in [1.82, 2.24) is 4.98 Å². The molecule has 0 radical (unpaired) electrons. The Labute approximate surface area is 97.2 Å². The lowest BCUT2D eigenvalue weighted by molar-refractivity contribution is 0.0697. The summed E-state index contributed by atoms with van der Waals surface area (Å²) in [5.74, 6) is -0.986. The van der Waals surface area contributed by atoms with E-state index in [1.807, 2.05) is 0 Å². The summed E-state index contributed by atoms with van der Waals surface area (Å²) in [6.07, 6.45) is 1.34. The molecule has 0 bridgehead atoms. The highest BCUT2D eigenvalue weighted by atomic mass is 16.4. The normalized spacial score (nSPS) is 10.1. The number of phenolic OH excluding ortho intramolecular Hbond substituents is 1. The molecule has 1 aromatic carbocycles. The predicted molar refractivity (Wildman–Crippen MR) is 62.7 cm³/mol. The van der Waals surface area contributed by atoms with Crippen molar-refractivity contribution in [2.75, 3.05) is 5.73 Å². The van der Waals surface area contributed by atoms with Crippen LogP contribution in [0.4, 0.5) is 5.82 Å². The molecule has 4 N–H and O–H groups in total. The van der Waals surface area contributed by atoms with Crippen LogP contribution in [0, 0.1) is 0 Å². The highest BCUT2D eigenvalue weighted by molar-refractivity contribution is 5.97. The van der Waals surface area contributed by atoms with Gasteiger partial charge in [0.2, 0.25) is 0 Å². The van der Waals surface area contributed by atoms with Gasteiger partial charge in [0.15, 0.2) is 0 Å². The number of anilines is 1. The first-order valence-corrected chi connectivity index (χ1v) is 4.87. The first-order chi connectivity index (χ1) is 8.09. The Balaban J connectivity index is 2.68. The molecule has 0 atom stereocenters. The van der Waals surface area contributed by atoms with Gasteiger partial charge in [-0.1, -0.05) is 18.2 Å². The van der Waals surface area contributed by atoms with Crippen LogP contribution in [-0.4, -0.2) is 21.2 Å². The predicted octanol–water partition coefficient (Wildman–Crippen LogP) is 1.73. The number of para-hydroxylation sites is 1. The molecule has 0 aliphatic carbocycles. The van der Waals surface area contributed by atoms with E-state index in [2.05, 4.69) is 4.98 Å². The van der Waals surface area contributed by atoms with E-state index in [0.29, 0.717) is 11.1 Å². The third-order valence-corrected chi connectivity index (χ3v) is 2.35. The lowest BCUT2D eigenvalue weighted by Gasteiger charge is -2.08. The van der Waals surface area contributed by atoms with Gasteiger partial charge in [0, 0.05) is 17.3 Å². The minimum Gasteiger partial charge on any atom is -0.507 e. The number of carboxylic acid groups (broad SMARTS) is 1. The third-order valence-electron chi connectivity index (χ3n) is 2.35. The lowest BCUT2D eigenvalue weighted by atomic mass is 10.0. The number of aromatic carboxylic acids is 1. The average molecular weight is 230 g/mol. The number of benzene rings is 1. The molecule has 0 saturated carbocycles. The molecule has 86 valence electrons. The lowest BCUT2D eigenvalue weighted by Crippen LogP contribution is -2.02. The molecule has 2 aromatic rings. The van der Waals surface area contributed by atoms with E-state index < -0.39 is 5.97 Å².